The molecule has 1 aliphatic heterocycles. The van der Waals surface area contributed by atoms with Crippen LogP contribution in [0.3, 0.4) is 0 Å². The Kier molecular flexibility index (Phi) is 13.4. The monoisotopic (exact) mass is 811 g/mol. The van der Waals surface area contributed by atoms with Crippen LogP contribution in [0.4, 0.5) is 5.69 Å². The van der Waals surface area contributed by atoms with E-state index in [1.165, 1.54) is 23.6 Å². The maximum Gasteiger partial charge on any atom is 3.00 e. The fraction of sp³-hybridized carbons (Fsp3) is 0.415. The van der Waals surface area contributed by atoms with Gasteiger partial charge in [-0.05, 0) is 84.3 Å². The third kappa shape index (κ3) is 10.5. The second kappa shape index (κ2) is 16.4. The molecule has 0 spiro atoms. The number of fused-ring (bicyclic) bond motifs is 1. The van der Waals surface area contributed by atoms with Gasteiger partial charge >= 0.3 is 20.1 Å². The number of aliphatic hydroxyl groups excluding tert-OH is 2. The summed E-state index contributed by atoms with van der Waals surface area (Å²) < 4.78 is 0. The van der Waals surface area contributed by atoms with Crippen LogP contribution in [0.1, 0.15) is 74.7 Å². The molecule has 2 aliphatic rings. The van der Waals surface area contributed by atoms with Crippen molar-refractivity contribution in [3.63, 3.8) is 0 Å². The normalized spacial score (nSPS) is 19.0. The zero-order chi connectivity index (χ0) is 33.5. The fourth-order valence-corrected chi connectivity index (χ4v) is 8.17. The van der Waals surface area contributed by atoms with Gasteiger partial charge in [-0.25, -0.2) is 0 Å². The molecule has 2 N–H and O–H groups in total. The van der Waals surface area contributed by atoms with Crippen molar-refractivity contribution in [2.75, 3.05) is 4.90 Å². The van der Waals surface area contributed by atoms with E-state index < -0.39 is 0 Å². The molecular formula is C41H52IrN3O2. The summed E-state index contributed by atoms with van der Waals surface area (Å²) in [6.07, 6.45) is 8.46. The third-order valence-electron chi connectivity index (χ3n) is 8.59. The van der Waals surface area contributed by atoms with Crippen molar-refractivity contribution in [2.45, 2.75) is 92.9 Å². The zero-order valence-electron chi connectivity index (χ0n) is 29.2. The molecule has 2 atom stereocenters. The molecule has 0 saturated heterocycles. The van der Waals surface area contributed by atoms with E-state index in [4.69, 9.17) is 10.2 Å². The van der Waals surface area contributed by atoms with Gasteiger partial charge in [0.2, 0.25) is 0 Å². The van der Waals surface area contributed by atoms with Crippen molar-refractivity contribution < 1.29 is 30.3 Å². The minimum absolute atomic E-state index is 0. The van der Waals surface area contributed by atoms with Gasteiger partial charge in [0.15, 0.2) is 0 Å². The first-order valence-electron chi connectivity index (χ1n) is 16.4. The van der Waals surface area contributed by atoms with Crippen LogP contribution in [0.2, 0.25) is 0 Å². The van der Waals surface area contributed by atoms with Crippen LogP contribution in [-0.2, 0) is 20.1 Å². The zero-order valence-corrected chi connectivity index (χ0v) is 31.6. The summed E-state index contributed by atoms with van der Waals surface area (Å²) in [5, 5.41) is 19.5. The molecule has 2 heterocycles. The number of anilines is 1. The molecule has 0 amide bonds. The van der Waals surface area contributed by atoms with Crippen molar-refractivity contribution in [3.8, 4) is 11.3 Å². The van der Waals surface area contributed by atoms with Gasteiger partial charge in [-0.3, -0.25) is 0 Å². The average molecular weight is 811 g/mol. The standard InChI is InChI=1S/C21H30N2.C15H10N.C5H12O2.Ir/c1-19(2)14-20(3,4)18(21(5,6)15-19)23-13-12-22(16-23)17-10-8-7-9-11-17;1-2-7-13(8-3-1)15-14-9-5-4-6-12(14)10-11-16-15;1-4(6)3-5(2)7;/h7-10,12-13,16,18H,14-15H2,1-6H3;1-7,9-11H;4-7H,3H2,1-2H3;/q-2;-1;;+3. The molecule has 6 rings (SSSR count). The SMILES string of the molecule is CC(O)CC(C)O.CC1(C)CC(C)(C)C(N2C=CN(c3[c-]cccc3)[CH-]2)C(C)(C)C1.[Ir+3].[c-]1ccccc1-c1nccc2ccccc12. The van der Waals surface area contributed by atoms with Crippen LogP contribution in [0.5, 0.6) is 0 Å². The van der Waals surface area contributed by atoms with Crippen LogP contribution in [0, 0.1) is 35.0 Å². The minimum Gasteiger partial charge on any atom is -0.505 e. The Morgan fingerprint density at radius 2 is 1.40 bits per heavy atom. The van der Waals surface area contributed by atoms with Crippen LogP contribution in [0.25, 0.3) is 22.0 Å². The number of aromatic nitrogens is 1. The molecule has 1 aliphatic carbocycles. The summed E-state index contributed by atoms with van der Waals surface area (Å²) in [5.74, 6) is 0. The second-order valence-electron chi connectivity index (χ2n) is 15.0. The van der Waals surface area contributed by atoms with E-state index in [0.29, 0.717) is 17.9 Å². The molecule has 47 heavy (non-hydrogen) atoms. The van der Waals surface area contributed by atoms with Gasteiger partial charge in [-0.15, -0.1) is 41.6 Å². The number of nitrogens with zero attached hydrogens (tertiary/aromatic N) is 3. The Bertz CT molecular complexity index is 1520. The molecule has 5 nitrogen and oxygen atoms in total. The first kappa shape index (κ1) is 38.4. The Morgan fingerprint density at radius 3 is 1.96 bits per heavy atom. The predicted octanol–water partition coefficient (Wildman–Crippen LogP) is 9.28. The summed E-state index contributed by atoms with van der Waals surface area (Å²) >= 11 is 0. The van der Waals surface area contributed by atoms with E-state index >= 15 is 0 Å². The van der Waals surface area contributed by atoms with Crippen molar-refractivity contribution in [2.24, 2.45) is 16.2 Å². The number of hydrogen-bond acceptors (Lipinski definition) is 5. The summed E-state index contributed by atoms with van der Waals surface area (Å²) in [7, 11) is 0. The maximum atomic E-state index is 8.56. The quantitative estimate of drug-likeness (QED) is 0.197. The summed E-state index contributed by atoms with van der Waals surface area (Å²) in [5.41, 5.74) is 4.07. The molecule has 0 radical (unpaired) electrons. The molecule has 2 unspecified atom stereocenters. The van der Waals surface area contributed by atoms with Crippen LogP contribution < -0.4 is 4.90 Å². The van der Waals surface area contributed by atoms with E-state index in [9.17, 15) is 0 Å². The third-order valence-corrected chi connectivity index (χ3v) is 8.59. The van der Waals surface area contributed by atoms with E-state index in [-0.39, 0.29) is 43.1 Å². The number of aliphatic hydroxyl groups is 2. The van der Waals surface area contributed by atoms with Gasteiger partial charge in [0, 0.05) is 12.2 Å². The van der Waals surface area contributed by atoms with Crippen LogP contribution in [-0.4, -0.2) is 38.3 Å². The fourth-order valence-electron chi connectivity index (χ4n) is 8.17. The molecule has 1 saturated carbocycles. The van der Waals surface area contributed by atoms with Gasteiger partial charge < -0.3 is 25.0 Å². The summed E-state index contributed by atoms with van der Waals surface area (Å²) in [4.78, 5) is 9.05. The molecule has 0 bridgehead atoms. The van der Waals surface area contributed by atoms with E-state index in [0.717, 1.165) is 16.9 Å². The largest absolute Gasteiger partial charge is 3.00 e. The first-order valence-corrected chi connectivity index (χ1v) is 16.4. The Labute approximate surface area is 297 Å². The molecule has 252 valence electrons. The van der Waals surface area contributed by atoms with Gasteiger partial charge in [0.1, 0.15) is 0 Å². The molecule has 3 aromatic carbocycles. The van der Waals surface area contributed by atoms with Gasteiger partial charge in [-0.2, -0.15) is 37.0 Å². The number of hydrogen-bond donors (Lipinski definition) is 2. The molecule has 6 heteroatoms. The van der Waals surface area contributed by atoms with Crippen LogP contribution >= 0.6 is 0 Å². The van der Waals surface area contributed by atoms with Crippen molar-refractivity contribution >= 4 is 16.5 Å². The topological polar surface area (TPSA) is 59.8 Å². The molecule has 1 fully saturated rings. The summed E-state index contributed by atoms with van der Waals surface area (Å²) in [6, 6.07) is 33.4. The number of rotatable bonds is 5. The van der Waals surface area contributed by atoms with E-state index in [2.05, 4.69) is 112 Å². The van der Waals surface area contributed by atoms with Crippen molar-refractivity contribution in [3.05, 3.63) is 116 Å². The van der Waals surface area contributed by atoms with Crippen LogP contribution in [0.15, 0.2) is 97.5 Å². The van der Waals surface area contributed by atoms with E-state index in [1.54, 1.807) is 13.8 Å². The smallest absolute Gasteiger partial charge is 0.505 e. The van der Waals surface area contributed by atoms with Gasteiger partial charge in [0.25, 0.3) is 0 Å². The molecular weight excluding hydrogens is 759 g/mol. The number of benzene rings is 3. The minimum atomic E-state index is -0.375. The molecule has 1 aromatic heterocycles. The van der Waals surface area contributed by atoms with E-state index in [1.807, 2.05) is 60.8 Å². The maximum absolute atomic E-state index is 8.56. The van der Waals surface area contributed by atoms with Gasteiger partial charge in [-0.1, -0.05) is 65.8 Å². The van der Waals surface area contributed by atoms with Crippen molar-refractivity contribution in [1.29, 1.82) is 0 Å². The number of pyridine rings is 1. The van der Waals surface area contributed by atoms with Crippen molar-refractivity contribution in [1.82, 2.24) is 9.88 Å². The number of para-hydroxylation sites is 1. The second-order valence-corrected chi connectivity index (χ2v) is 15.0. The van der Waals surface area contributed by atoms with Gasteiger partial charge in [0.05, 0.1) is 12.2 Å². The predicted molar refractivity (Wildman–Crippen MR) is 191 cm³/mol. The Balaban J connectivity index is 0.000000217. The first-order chi connectivity index (χ1) is 21.7. The Morgan fingerprint density at radius 1 is 0.809 bits per heavy atom. The summed E-state index contributed by atoms with van der Waals surface area (Å²) in [6.45, 7) is 20.1. The average Bonchev–Trinajstić information content (AvgIpc) is 3.45. The molecule has 4 aromatic rings. The Hall–Kier alpha value is -3.02.